The first-order valence-electron chi connectivity index (χ1n) is 4.50. The fourth-order valence-corrected chi connectivity index (χ4v) is 3.43. The predicted molar refractivity (Wildman–Crippen MR) is 40.8 cm³/mol. The molecule has 4 unspecified atom stereocenters. The Labute approximate surface area is 62.4 Å². The lowest BCUT2D eigenvalue weighted by Gasteiger charge is -2.36. The Morgan fingerprint density at radius 1 is 1.20 bits per heavy atom. The summed E-state index contributed by atoms with van der Waals surface area (Å²) in [4.78, 5) is 2.74. The largest absolute Gasteiger partial charge is 0.289 e. The summed E-state index contributed by atoms with van der Waals surface area (Å²) in [6, 6.07) is 2.04. The van der Waals surface area contributed by atoms with Gasteiger partial charge in [-0.3, -0.25) is 4.90 Å². The highest BCUT2D eigenvalue weighted by Gasteiger charge is 2.65. The minimum absolute atomic E-state index is 0.577. The molecule has 0 spiro atoms. The molecule has 4 fully saturated rings. The lowest BCUT2D eigenvalue weighted by molar-refractivity contribution is 0.149. The van der Waals surface area contributed by atoms with E-state index in [-0.39, 0.29) is 0 Å². The lowest BCUT2D eigenvalue weighted by Crippen LogP contribution is -2.40. The van der Waals surface area contributed by atoms with Crippen molar-refractivity contribution in [3.63, 3.8) is 0 Å². The number of fused-ring (bicyclic) bond motifs is 1. The molecule has 4 bridgehead atoms. The van der Waals surface area contributed by atoms with Crippen LogP contribution in [-0.2, 0) is 0 Å². The van der Waals surface area contributed by atoms with Gasteiger partial charge in [-0.05, 0) is 39.0 Å². The van der Waals surface area contributed by atoms with E-state index in [0.717, 1.165) is 18.0 Å². The minimum atomic E-state index is 0.577. The van der Waals surface area contributed by atoms with E-state index in [1.807, 2.05) is 0 Å². The molecular formula is C9H15N. The van der Waals surface area contributed by atoms with Gasteiger partial charge in [0.15, 0.2) is 0 Å². The van der Waals surface area contributed by atoms with E-state index in [4.69, 9.17) is 0 Å². The van der Waals surface area contributed by atoms with Gasteiger partial charge in [0, 0.05) is 17.6 Å². The standard InChI is InChI=1S/C9H15N/c1-9(2)6-3-4-7-8(5-6)10(7)9/h6-8H,3-5H2,1-2H3. The molecule has 0 amide bonds. The van der Waals surface area contributed by atoms with Crippen molar-refractivity contribution in [1.82, 2.24) is 4.90 Å². The maximum absolute atomic E-state index is 2.74. The van der Waals surface area contributed by atoms with Gasteiger partial charge in [0.25, 0.3) is 0 Å². The van der Waals surface area contributed by atoms with Crippen LogP contribution in [-0.4, -0.2) is 22.5 Å². The molecule has 0 N–H and O–H groups in total. The van der Waals surface area contributed by atoms with Gasteiger partial charge in [-0.25, -0.2) is 0 Å². The van der Waals surface area contributed by atoms with Gasteiger partial charge in [0.05, 0.1) is 0 Å². The van der Waals surface area contributed by atoms with Gasteiger partial charge in [-0.15, -0.1) is 0 Å². The van der Waals surface area contributed by atoms with Crippen molar-refractivity contribution in [3.05, 3.63) is 0 Å². The van der Waals surface area contributed by atoms with Gasteiger partial charge >= 0.3 is 0 Å². The van der Waals surface area contributed by atoms with Crippen LogP contribution >= 0.6 is 0 Å². The second kappa shape index (κ2) is 1.29. The van der Waals surface area contributed by atoms with Crippen LogP contribution in [0, 0.1) is 5.92 Å². The highest BCUT2D eigenvalue weighted by molar-refractivity contribution is 5.21. The highest BCUT2D eigenvalue weighted by atomic mass is 15.4. The molecule has 4 atom stereocenters. The van der Waals surface area contributed by atoms with E-state index >= 15 is 0 Å². The van der Waals surface area contributed by atoms with Crippen molar-refractivity contribution in [2.45, 2.75) is 50.7 Å². The zero-order valence-electron chi connectivity index (χ0n) is 6.80. The fraction of sp³-hybridized carbons (Fsp3) is 1.00. The quantitative estimate of drug-likeness (QED) is 0.459. The van der Waals surface area contributed by atoms with Gasteiger partial charge in [0.1, 0.15) is 0 Å². The summed E-state index contributed by atoms with van der Waals surface area (Å²) < 4.78 is 0. The van der Waals surface area contributed by atoms with Crippen molar-refractivity contribution in [2.24, 2.45) is 5.92 Å². The number of nitrogens with zero attached hydrogens (tertiary/aromatic N) is 1. The molecule has 4 rings (SSSR count). The Morgan fingerprint density at radius 3 is 2.30 bits per heavy atom. The molecule has 0 aromatic rings. The molecule has 1 saturated carbocycles. The van der Waals surface area contributed by atoms with Crippen molar-refractivity contribution < 1.29 is 0 Å². The van der Waals surface area contributed by atoms with Crippen LogP contribution in [0.3, 0.4) is 0 Å². The minimum Gasteiger partial charge on any atom is -0.289 e. The van der Waals surface area contributed by atoms with Crippen LogP contribution in [0.1, 0.15) is 33.1 Å². The Bertz CT molecular complexity index is 177. The van der Waals surface area contributed by atoms with Crippen LogP contribution < -0.4 is 0 Å². The van der Waals surface area contributed by atoms with Crippen molar-refractivity contribution in [1.29, 1.82) is 0 Å². The zero-order chi connectivity index (χ0) is 6.93. The summed E-state index contributed by atoms with van der Waals surface area (Å²) in [6.45, 7) is 4.85. The molecule has 4 aliphatic rings. The first kappa shape index (κ1) is 5.59. The summed E-state index contributed by atoms with van der Waals surface area (Å²) in [7, 11) is 0. The van der Waals surface area contributed by atoms with E-state index in [0.29, 0.717) is 5.54 Å². The lowest BCUT2D eigenvalue weighted by atomic mass is 9.77. The number of rotatable bonds is 0. The summed E-state index contributed by atoms with van der Waals surface area (Å²) in [6.07, 6.45) is 4.51. The van der Waals surface area contributed by atoms with Crippen molar-refractivity contribution >= 4 is 0 Å². The van der Waals surface area contributed by atoms with Crippen molar-refractivity contribution in [3.8, 4) is 0 Å². The molecule has 1 heteroatoms. The SMILES string of the molecule is CC1(C)C2CCC3C(C2)N31. The molecule has 1 aliphatic carbocycles. The van der Waals surface area contributed by atoms with E-state index < -0.39 is 0 Å². The van der Waals surface area contributed by atoms with Crippen LogP contribution in [0.2, 0.25) is 0 Å². The van der Waals surface area contributed by atoms with Crippen molar-refractivity contribution in [2.75, 3.05) is 0 Å². The zero-order valence-corrected chi connectivity index (χ0v) is 6.80. The van der Waals surface area contributed by atoms with Crippen LogP contribution in [0.5, 0.6) is 0 Å². The third kappa shape index (κ3) is 0.402. The Kier molecular flexibility index (Phi) is 0.722. The molecule has 56 valence electrons. The predicted octanol–water partition coefficient (Wildman–Crippen LogP) is 1.63. The smallest absolute Gasteiger partial charge is 0.0264 e. The molecule has 3 aliphatic heterocycles. The number of hydrogen-bond donors (Lipinski definition) is 0. The second-order valence-electron chi connectivity index (χ2n) is 4.71. The average Bonchev–Trinajstić information content (AvgIpc) is 2.53. The first-order valence-corrected chi connectivity index (χ1v) is 4.50. The average molecular weight is 137 g/mol. The Morgan fingerprint density at radius 2 is 2.00 bits per heavy atom. The third-order valence-electron chi connectivity index (χ3n) is 4.07. The molecule has 10 heavy (non-hydrogen) atoms. The van der Waals surface area contributed by atoms with Gasteiger partial charge in [-0.1, -0.05) is 0 Å². The molecule has 0 radical (unpaired) electrons. The second-order valence-corrected chi connectivity index (χ2v) is 4.71. The van der Waals surface area contributed by atoms with E-state index in [9.17, 15) is 0 Å². The third-order valence-corrected chi connectivity index (χ3v) is 4.07. The summed E-state index contributed by atoms with van der Waals surface area (Å²) >= 11 is 0. The van der Waals surface area contributed by atoms with E-state index in [1.165, 1.54) is 19.3 Å². The normalized spacial score (nSPS) is 60.6. The highest BCUT2D eigenvalue weighted by Crippen LogP contribution is 2.59. The topological polar surface area (TPSA) is 3.01 Å². The van der Waals surface area contributed by atoms with E-state index in [1.54, 1.807) is 0 Å². The van der Waals surface area contributed by atoms with Crippen LogP contribution in [0.25, 0.3) is 0 Å². The van der Waals surface area contributed by atoms with Gasteiger partial charge < -0.3 is 0 Å². The monoisotopic (exact) mass is 137 g/mol. The summed E-state index contributed by atoms with van der Waals surface area (Å²) in [5.74, 6) is 1.03. The molecule has 3 saturated heterocycles. The van der Waals surface area contributed by atoms with Gasteiger partial charge in [-0.2, -0.15) is 0 Å². The van der Waals surface area contributed by atoms with Crippen LogP contribution in [0.4, 0.5) is 0 Å². The molecule has 0 aromatic heterocycles. The molecular weight excluding hydrogens is 122 g/mol. The number of piperidine rings is 2. The van der Waals surface area contributed by atoms with E-state index in [2.05, 4.69) is 18.7 Å². The molecule has 1 nitrogen and oxygen atoms in total. The first-order chi connectivity index (χ1) is 4.71. The Hall–Kier alpha value is -0.0400. The maximum atomic E-state index is 2.74. The maximum Gasteiger partial charge on any atom is 0.0264 e. The van der Waals surface area contributed by atoms with Gasteiger partial charge in [0.2, 0.25) is 0 Å². The molecule has 0 aromatic carbocycles. The van der Waals surface area contributed by atoms with Crippen LogP contribution in [0.15, 0.2) is 0 Å². The number of hydrogen-bond acceptors (Lipinski definition) is 1. The summed E-state index contributed by atoms with van der Waals surface area (Å²) in [5, 5.41) is 0. The molecule has 3 heterocycles. The fourth-order valence-electron chi connectivity index (χ4n) is 3.43. The Balaban J connectivity index is 2.03. The summed E-state index contributed by atoms with van der Waals surface area (Å²) in [5.41, 5.74) is 0.577.